The first-order valence-electron chi connectivity index (χ1n) is 6.79. The number of nitrogens with two attached hydrogens (primary N) is 1. The molecule has 2 heterocycles. The van der Waals surface area contributed by atoms with Crippen LogP contribution in [-0.2, 0) is 0 Å². The zero-order chi connectivity index (χ0) is 13.7. The Kier molecular flexibility index (Phi) is 7.22. The van der Waals surface area contributed by atoms with Crippen LogP contribution in [0.3, 0.4) is 0 Å². The van der Waals surface area contributed by atoms with Crippen LogP contribution in [0.5, 0.6) is 0 Å². The lowest BCUT2D eigenvalue weighted by atomic mass is 10.0. The quantitative estimate of drug-likeness (QED) is 0.469. The highest BCUT2D eigenvalue weighted by atomic mass is 127. The first-order chi connectivity index (χ1) is 9.16. The van der Waals surface area contributed by atoms with Crippen molar-refractivity contribution in [3.05, 3.63) is 30.1 Å². The average Bonchev–Trinajstić information content (AvgIpc) is 2.45. The Hall–Kier alpha value is -0.890. The molecule has 2 unspecified atom stereocenters. The minimum atomic E-state index is -0.622. The minimum Gasteiger partial charge on any atom is -0.386 e. The molecule has 20 heavy (non-hydrogen) atoms. The van der Waals surface area contributed by atoms with Crippen LogP contribution in [0, 0.1) is 5.92 Å². The summed E-state index contributed by atoms with van der Waals surface area (Å²) in [5.41, 5.74) is 6.81. The summed E-state index contributed by atoms with van der Waals surface area (Å²) in [7, 11) is 0. The third-order valence-corrected chi connectivity index (χ3v) is 3.50. The minimum absolute atomic E-state index is 0. The van der Waals surface area contributed by atoms with Crippen molar-refractivity contribution in [1.82, 2.24) is 9.88 Å². The van der Waals surface area contributed by atoms with E-state index < -0.39 is 6.10 Å². The summed E-state index contributed by atoms with van der Waals surface area (Å²) in [5.74, 6) is 1.20. The number of hydrogen-bond donors (Lipinski definition) is 2. The van der Waals surface area contributed by atoms with Gasteiger partial charge in [-0.2, -0.15) is 0 Å². The molecule has 0 spiro atoms. The zero-order valence-corrected chi connectivity index (χ0v) is 14.1. The van der Waals surface area contributed by atoms with Gasteiger partial charge >= 0.3 is 0 Å². The Bertz CT molecular complexity index is 426. The summed E-state index contributed by atoms with van der Waals surface area (Å²) in [5, 5.41) is 10.0. The molecular weight excluding hydrogens is 367 g/mol. The maximum Gasteiger partial charge on any atom is 0.191 e. The smallest absolute Gasteiger partial charge is 0.191 e. The molecule has 2 atom stereocenters. The van der Waals surface area contributed by atoms with Crippen LogP contribution in [0.4, 0.5) is 0 Å². The van der Waals surface area contributed by atoms with Gasteiger partial charge in [-0.1, -0.05) is 6.92 Å². The first kappa shape index (κ1) is 17.2. The van der Waals surface area contributed by atoms with Crippen LogP contribution >= 0.6 is 24.0 Å². The number of aliphatic hydroxyl groups excluding tert-OH is 1. The number of likely N-dealkylation sites (tertiary alicyclic amines) is 1. The molecule has 0 bridgehead atoms. The number of pyridine rings is 1. The first-order valence-corrected chi connectivity index (χ1v) is 6.79. The van der Waals surface area contributed by atoms with E-state index >= 15 is 0 Å². The Morgan fingerprint density at radius 3 is 2.90 bits per heavy atom. The van der Waals surface area contributed by atoms with Gasteiger partial charge in [0.25, 0.3) is 0 Å². The predicted molar refractivity (Wildman–Crippen MR) is 91.1 cm³/mol. The van der Waals surface area contributed by atoms with Gasteiger partial charge in [0.05, 0.1) is 12.6 Å². The Morgan fingerprint density at radius 2 is 2.25 bits per heavy atom. The SMILES string of the molecule is CC1CCCN(C(N)=NCC(O)c2ccncc2)C1.I. The Morgan fingerprint density at radius 1 is 1.55 bits per heavy atom. The van der Waals surface area contributed by atoms with Crippen molar-refractivity contribution in [3.8, 4) is 0 Å². The van der Waals surface area contributed by atoms with Crippen molar-refractivity contribution in [3.63, 3.8) is 0 Å². The fourth-order valence-electron chi connectivity index (χ4n) is 2.37. The largest absolute Gasteiger partial charge is 0.386 e. The number of rotatable bonds is 3. The summed E-state index contributed by atoms with van der Waals surface area (Å²) in [6, 6.07) is 3.58. The van der Waals surface area contributed by atoms with Crippen molar-refractivity contribution >= 4 is 29.9 Å². The number of guanidine groups is 1. The average molecular weight is 390 g/mol. The highest BCUT2D eigenvalue weighted by molar-refractivity contribution is 14.0. The lowest BCUT2D eigenvalue weighted by molar-refractivity contribution is 0.186. The lowest BCUT2D eigenvalue weighted by Crippen LogP contribution is -2.43. The van der Waals surface area contributed by atoms with Crippen LogP contribution in [0.25, 0.3) is 0 Å². The fourth-order valence-corrected chi connectivity index (χ4v) is 2.37. The van der Waals surface area contributed by atoms with Crippen LogP contribution in [0.15, 0.2) is 29.5 Å². The van der Waals surface area contributed by atoms with Gasteiger partial charge in [0.1, 0.15) is 0 Å². The van der Waals surface area contributed by atoms with Crippen LogP contribution in [0.1, 0.15) is 31.4 Å². The number of halogens is 1. The van der Waals surface area contributed by atoms with Crippen molar-refractivity contribution in [2.75, 3.05) is 19.6 Å². The summed E-state index contributed by atoms with van der Waals surface area (Å²) in [6.45, 7) is 4.44. The molecule has 0 radical (unpaired) electrons. The number of hydrogen-bond acceptors (Lipinski definition) is 3. The molecule has 2 rings (SSSR count). The standard InChI is InChI=1S/C14H22N4O.HI/c1-11-3-2-8-18(10-11)14(15)17-9-13(19)12-4-6-16-7-5-12;/h4-7,11,13,19H,2-3,8-10H2,1H3,(H2,15,17);1H. The van der Waals surface area contributed by atoms with E-state index in [0.717, 1.165) is 25.1 Å². The Labute approximate surface area is 137 Å². The van der Waals surface area contributed by atoms with E-state index in [1.54, 1.807) is 24.5 Å². The van der Waals surface area contributed by atoms with E-state index in [9.17, 15) is 5.11 Å². The van der Waals surface area contributed by atoms with Crippen molar-refractivity contribution < 1.29 is 5.11 Å². The molecule has 1 aliphatic heterocycles. The molecule has 5 nitrogen and oxygen atoms in total. The van der Waals surface area contributed by atoms with E-state index in [1.165, 1.54) is 6.42 Å². The monoisotopic (exact) mass is 390 g/mol. The van der Waals surface area contributed by atoms with Gasteiger partial charge in [0.15, 0.2) is 5.96 Å². The van der Waals surface area contributed by atoms with Crippen molar-refractivity contribution in [2.45, 2.75) is 25.9 Å². The number of aliphatic hydroxyl groups is 1. The Balaban J connectivity index is 0.00000200. The summed E-state index contributed by atoms with van der Waals surface area (Å²) >= 11 is 0. The highest BCUT2D eigenvalue weighted by Crippen LogP contribution is 2.16. The lowest BCUT2D eigenvalue weighted by Gasteiger charge is -2.31. The third kappa shape index (κ3) is 4.90. The van der Waals surface area contributed by atoms with Gasteiger partial charge in [0.2, 0.25) is 0 Å². The number of nitrogens with zero attached hydrogens (tertiary/aromatic N) is 3. The van der Waals surface area contributed by atoms with E-state index in [0.29, 0.717) is 18.4 Å². The summed E-state index contributed by atoms with van der Waals surface area (Å²) in [4.78, 5) is 10.3. The molecule has 1 saturated heterocycles. The second-order valence-corrected chi connectivity index (χ2v) is 5.19. The molecule has 112 valence electrons. The van der Waals surface area contributed by atoms with Crippen LogP contribution in [0.2, 0.25) is 0 Å². The van der Waals surface area contributed by atoms with Gasteiger partial charge in [-0.15, -0.1) is 24.0 Å². The number of aliphatic imine (C=N–C) groups is 1. The second-order valence-electron chi connectivity index (χ2n) is 5.19. The van der Waals surface area contributed by atoms with Crippen molar-refractivity contribution in [1.29, 1.82) is 0 Å². The van der Waals surface area contributed by atoms with E-state index in [2.05, 4.69) is 21.8 Å². The molecule has 6 heteroatoms. The van der Waals surface area contributed by atoms with E-state index in [-0.39, 0.29) is 24.0 Å². The third-order valence-electron chi connectivity index (χ3n) is 3.50. The van der Waals surface area contributed by atoms with Crippen molar-refractivity contribution in [2.24, 2.45) is 16.6 Å². The molecule has 0 aromatic carbocycles. The molecule has 0 aliphatic carbocycles. The van der Waals surface area contributed by atoms with Gasteiger partial charge in [-0.25, -0.2) is 0 Å². The van der Waals surface area contributed by atoms with Gasteiger partial charge in [-0.3, -0.25) is 9.98 Å². The second kappa shape index (κ2) is 8.41. The zero-order valence-electron chi connectivity index (χ0n) is 11.8. The summed E-state index contributed by atoms with van der Waals surface area (Å²) in [6.07, 6.45) is 5.12. The van der Waals surface area contributed by atoms with Gasteiger partial charge < -0.3 is 15.7 Å². The van der Waals surface area contributed by atoms with Crippen LogP contribution in [-0.4, -0.2) is 40.6 Å². The number of aromatic nitrogens is 1. The molecule has 1 aromatic heterocycles. The predicted octanol–water partition coefficient (Wildman–Crippen LogP) is 1.78. The molecular formula is C14H23IN4O. The summed E-state index contributed by atoms with van der Waals surface area (Å²) < 4.78 is 0. The van der Waals surface area contributed by atoms with Gasteiger partial charge in [0, 0.05) is 25.5 Å². The molecule has 3 N–H and O–H groups in total. The molecule has 1 aliphatic rings. The van der Waals surface area contributed by atoms with Crippen LogP contribution < -0.4 is 5.73 Å². The topological polar surface area (TPSA) is 74.7 Å². The maximum absolute atomic E-state index is 10.0. The molecule has 1 fully saturated rings. The normalized spacial score (nSPS) is 21.2. The number of piperidine rings is 1. The molecule has 1 aromatic rings. The van der Waals surface area contributed by atoms with Gasteiger partial charge in [-0.05, 0) is 36.5 Å². The van der Waals surface area contributed by atoms with E-state index in [1.807, 2.05) is 0 Å². The molecule has 0 amide bonds. The maximum atomic E-state index is 10.0. The highest BCUT2D eigenvalue weighted by Gasteiger charge is 2.17. The van der Waals surface area contributed by atoms with E-state index in [4.69, 9.17) is 5.73 Å². The molecule has 0 saturated carbocycles. The fraction of sp³-hybridized carbons (Fsp3) is 0.571.